The Morgan fingerprint density at radius 1 is 0.606 bits per heavy atom. The Labute approximate surface area is 386 Å². The number of aliphatic hydroxyl groups excluding tert-OH is 12. The van der Waals surface area contributed by atoms with Crippen molar-refractivity contribution in [2.75, 3.05) is 33.5 Å². The number of hydrogen-bond acceptors (Lipinski definition) is 20. The van der Waals surface area contributed by atoms with Crippen molar-refractivity contribution in [1.29, 1.82) is 0 Å². The standard InChI is InChI=1S/C46H78O20/c1-19(18-60-41-38(56)35(53)32(50)28(15-47)63-41)6-11-46(59-5)20(2)31-27(66-46)14-24-22-13-26(62-43-40(58)37(55)34(52)30(17-49)65-43)25-12-21(7-9-44(25,3)23(22)8-10-45(24,31)4)61-42-39(57)36(54)33(51)29(16-48)64-42/h19-43,47-58H,6-18H2,1-5H3/t19-,20+,21+,22-,23+,24+,25-,26+,27+,28-,29-,30-,31+,32-,33-,34-,35+,36+,37+,38-,39-,40-,41-,42-,43-,44-,45+,46-/m1/s1. The van der Waals surface area contributed by atoms with Crippen molar-refractivity contribution in [3.8, 4) is 0 Å². The predicted octanol–water partition coefficient (Wildman–Crippen LogP) is -2.15. The second-order valence-corrected chi connectivity index (χ2v) is 21.8. The normalized spacial score (nSPS) is 55.4. The zero-order valence-corrected chi connectivity index (χ0v) is 38.8. The van der Waals surface area contributed by atoms with Crippen molar-refractivity contribution < 1.29 is 99.2 Å². The topological polar surface area (TPSA) is 317 Å². The molecule has 4 saturated carbocycles. The second kappa shape index (κ2) is 20.0. The molecule has 4 aliphatic carbocycles. The summed E-state index contributed by atoms with van der Waals surface area (Å²) in [6.45, 7) is 7.34. The molecule has 28 atom stereocenters. The maximum atomic E-state index is 11.2. The van der Waals surface area contributed by atoms with E-state index in [9.17, 15) is 61.3 Å². The molecule has 0 aromatic heterocycles. The minimum absolute atomic E-state index is 0.0145. The molecule has 12 N–H and O–H groups in total. The van der Waals surface area contributed by atoms with E-state index in [-0.39, 0.29) is 65.0 Å². The van der Waals surface area contributed by atoms with E-state index >= 15 is 0 Å². The largest absolute Gasteiger partial charge is 0.394 e. The van der Waals surface area contributed by atoms with Gasteiger partial charge in [-0.05, 0) is 97.7 Å². The van der Waals surface area contributed by atoms with Crippen LogP contribution in [0.1, 0.15) is 85.5 Å². The Balaban J connectivity index is 0.981. The van der Waals surface area contributed by atoms with E-state index in [4.69, 9.17) is 37.9 Å². The van der Waals surface area contributed by atoms with E-state index in [0.717, 1.165) is 19.3 Å². The summed E-state index contributed by atoms with van der Waals surface area (Å²) in [5.41, 5.74) is -0.434. The van der Waals surface area contributed by atoms with Gasteiger partial charge in [0, 0.05) is 19.4 Å². The fraction of sp³-hybridized carbons (Fsp3) is 1.00. The third-order valence-corrected chi connectivity index (χ3v) is 18.3. The van der Waals surface area contributed by atoms with Crippen LogP contribution in [0.2, 0.25) is 0 Å². The molecule has 20 nitrogen and oxygen atoms in total. The Bertz CT molecular complexity index is 1610. The van der Waals surface area contributed by atoms with Gasteiger partial charge >= 0.3 is 0 Å². The Kier molecular flexibility index (Phi) is 15.6. The van der Waals surface area contributed by atoms with Gasteiger partial charge < -0.3 is 99.2 Å². The minimum Gasteiger partial charge on any atom is -0.394 e. The molecular formula is C46H78O20. The first-order valence-electron chi connectivity index (χ1n) is 24.3. The average molecular weight is 951 g/mol. The van der Waals surface area contributed by atoms with Crippen LogP contribution in [0.25, 0.3) is 0 Å². The van der Waals surface area contributed by atoms with Crippen molar-refractivity contribution in [3.63, 3.8) is 0 Å². The van der Waals surface area contributed by atoms with Crippen molar-refractivity contribution in [3.05, 3.63) is 0 Å². The molecule has 0 aromatic carbocycles. The van der Waals surface area contributed by atoms with E-state index < -0.39 is 130 Å². The summed E-state index contributed by atoms with van der Waals surface area (Å²) < 4.78 is 49.6. The molecule has 8 aliphatic rings. The van der Waals surface area contributed by atoms with Crippen LogP contribution < -0.4 is 0 Å². The summed E-state index contributed by atoms with van der Waals surface area (Å²) in [5.74, 6) is -0.222. The molecule has 0 unspecified atom stereocenters. The van der Waals surface area contributed by atoms with E-state index in [1.807, 2.05) is 6.92 Å². The van der Waals surface area contributed by atoms with Crippen LogP contribution in [0.15, 0.2) is 0 Å². The molecule has 8 rings (SSSR count). The van der Waals surface area contributed by atoms with Crippen LogP contribution in [0.3, 0.4) is 0 Å². The molecule has 4 heterocycles. The predicted molar refractivity (Wildman–Crippen MR) is 225 cm³/mol. The van der Waals surface area contributed by atoms with Crippen molar-refractivity contribution in [2.24, 2.45) is 52.3 Å². The maximum Gasteiger partial charge on any atom is 0.186 e. The lowest BCUT2D eigenvalue weighted by Gasteiger charge is -2.63. The number of aliphatic hydroxyl groups is 12. The Morgan fingerprint density at radius 3 is 1.70 bits per heavy atom. The summed E-state index contributed by atoms with van der Waals surface area (Å²) in [7, 11) is 1.68. The third-order valence-electron chi connectivity index (χ3n) is 18.3. The lowest BCUT2D eigenvalue weighted by Crippen LogP contribution is -2.63. The van der Waals surface area contributed by atoms with Gasteiger partial charge in [-0.2, -0.15) is 0 Å². The van der Waals surface area contributed by atoms with Gasteiger partial charge in [0.05, 0.1) is 44.7 Å². The summed E-state index contributed by atoms with van der Waals surface area (Å²) in [5, 5.41) is 125. The smallest absolute Gasteiger partial charge is 0.186 e. The molecule has 382 valence electrons. The van der Waals surface area contributed by atoms with E-state index in [1.54, 1.807) is 7.11 Å². The van der Waals surface area contributed by atoms with Gasteiger partial charge in [-0.1, -0.05) is 27.7 Å². The van der Waals surface area contributed by atoms with Crippen molar-refractivity contribution >= 4 is 0 Å². The van der Waals surface area contributed by atoms with Gasteiger partial charge in [-0.15, -0.1) is 0 Å². The van der Waals surface area contributed by atoms with Crippen LogP contribution in [-0.4, -0.2) is 211 Å². The highest BCUT2D eigenvalue weighted by molar-refractivity contribution is 5.16. The fourth-order valence-corrected chi connectivity index (χ4v) is 14.5. The highest BCUT2D eigenvalue weighted by Crippen LogP contribution is 2.71. The molecule has 0 bridgehead atoms. The quantitative estimate of drug-likeness (QED) is 0.0826. The van der Waals surface area contributed by atoms with Gasteiger partial charge in [0.25, 0.3) is 0 Å². The van der Waals surface area contributed by atoms with E-state index in [0.29, 0.717) is 38.5 Å². The van der Waals surface area contributed by atoms with Gasteiger partial charge in [0.1, 0.15) is 73.2 Å². The average Bonchev–Trinajstić information content (AvgIpc) is 3.77. The fourth-order valence-electron chi connectivity index (χ4n) is 14.5. The highest BCUT2D eigenvalue weighted by Gasteiger charge is 2.70. The van der Waals surface area contributed by atoms with Gasteiger partial charge in [-0.25, -0.2) is 0 Å². The van der Waals surface area contributed by atoms with Crippen LogP contribution in [0.5, 0.6) is 0 Å². The number of fused-ring (bicyclic) bond motifs is 7. The zero-order valence-electron chi connectivity index (χ0n) is 38.8. The minimum atomic E-state index is -1.62. The molecule has 0 spiro atoms. The molecular weight excluding hydrogens is 872 g/mol. The summed E-state index contributed by atoms with van der Waals surface area (Å²) in [6.07, 6.45) is -16.0. The molecule has 66 heavy (non-hydrogen) atoms. The monoisotopic (exact) mass is 951 g/mol. The van der Waals surface area contributed by atoms with Crippen molar-refractivity contribution in [1.82, 2.24) is 0 Å². The van der Waals surface area contributed by atoms with Crippen LogP contribution in [0.4, 0.5) is 0 Å². The lowest BCUT2D eigenvalue weighted by atomic mass is 9.43. The Hall–Kier alpha value is -0.800. The van der Waals surface area contributed by atoms with Crippen molar-refractivity contribution in [2.45, 2.75) is 202 Å². The van der Waals surface area contributed by atoms with Gasteiger partial charge in [0.15, 0.2) is 24.7 Å². The van der Waals surface area contributed by atoms with Gasteiger partial charge in [-0.3, -0.25) is 0 Å². The summed E-state index contributed by atoms with van der Waals surface area (Å²) >= 11 is 0. The summed E-state index contributed by atoms with van der Waals surface area (Å²) in [4.78, 5) is 0. The maximum absolute atomic E-state index is 11.2. The number of hydrogen-bond donors (Lipinski definition) is 12. The van der Waals surface area contributed by atoms with Crippen LogP contribution in [0, 0.1) is 52.3 Å². The Morgan fingerprint density at radius 2 is 1.14 bits per heavy atom. The molecule has 8 fully saturated rings. The number of ether oxygens (including phenoxy) is 8. The number of rotatable bonds is 14. The summed E-state index contributed by atoms with van der Waals surface area (Å²) in [6, 6.07) is 0. The van der Waals surface area contributed by atoms with Crippen LogP contribution >= 0.6 is 0 Å². The zero-order chi connectivity index (χ0) is 47.8. The molecule has 0 aromatic rings. The first-order chi connectivity index (χ1) is 31.3. The first kappa shape index (κ1) is 51.6. The molecule has 0 radical (unpaired) electrons. The second-order valence-electron chi connectivity index (χ2n) is 21.8. The SMILES string of the molecule is CO[C@]1(CC[C@@H](C)CO[C@@H]2O[C@H](CO)[C@@H](O)[C@H](O)[C@H]2O)O[C@H]2C[C@H]3[C@@H]4C[C@H](O[C@@H]5O[C@H](CO)[C@@H](O)[C@H](O)[C@H]5O)[C@H]5C[C@@H](O[C@@H]6O[C@H](CO)[C@@H](O)[C@H](O)[C@H]6O)CC[C@]5(C)[C@H]4CC[C@]3(C)[C@H]2[C@@H]1C. The van der Waals surface area contributed by atoms with Crippen LogP contribution in [-0.2, 0) is 37.9 Å². The molecule has 4 saturated heterocycles. The number of methoxy groups -OCH3 is 1. The highest BCUT2D eigenvalue weighted by atomic mass is 16.7. The molecule has 0 amide bonds. The van der Waals surface area contributed by atoms with E-state index in [1.165, 1.54) is 0 Å². The molecule has 20 heteroatoms. The molecule has 4 aliphatic heterocycles. The third kappa shape index (κ3) is 8.85. The lowest BCUT2D eigenvalue weighted by molar-refractivity contribution is -0.335. The van der Waals surface area contributed by atoms with E-state index in [2.05, 4.69) is 20.8 Å². The van der Waals surface area contributed by atoms with Gasteiger partial charge in [0.2, 0.25) is 0 Å². The first-order valence-corrected chi connectivity index (χ1v) is 24.3.